The fraction of sp³-hybridized carbons (Fsp3) is 0.381. The highest BCUT2D eigenvalue weighted by Gasteiger charge is 2.22. The zero-order valence-electron chi connectivity index (χ0n) is 16.6. The van der Waals surface area contributed by atoms with Crippen molar-refractivity contribution in [3.05, 3.63) is 44.9 Å². The lowest BCUT2D eigenvalue weighted by Gasteiger charge is -2.17. The molecule has 0 bridgehead atoms. The van der Waals surface area contributed by atoms with Crippen molar-refractivity contribution in [1.82, 2.24) is 24.7 Å². The highest BCUT2D eigenvalue weighted by Crippen LogP contribution is 2.33. The Balaban J connectivity index is 1.60. The van der Waals surface area contributed by atoms with Gasteiger partial charge in [-0.1, -0.05) is 18.0 Å². The van der Waals surface area contributed by atoms with Crippen LogP contribution < -0.4 is 5.56 Å². The summed E-state index contributed by atoms with van der Waals surface area (Å²) in [6.07, 6.45) is 4.42. The highest BCUT2D eigenvalue weighted by molar-refractivity contribution is 7.15. The van der Waals surface area contributed by atoms with Crippen LogP contribution in [0, 0.1) is 20.8 Å². The monoisotopic (exact) mass is 407 g/mol. The summed E-state index contributed by atoms with van der Waals surface area (Å²) >= 11 is 1.54. The zero-order chi connectivity index (χ0) is 20.1. The van der Waals surface area contributed by atoms with Crippen molar-refractivity contribution < 1.29 is 4.52 Å². The van der Waals surface area contributed by atoms with Gasteiger partial charge in [0.1, 0.15) is 10.6 Å². The van der Waals surface area contributed by atoms with Crippen molar-refractivity contribution in [2.45, 2.75) is 52.5 Å². The number of hydrogen-bond acceptors (Lipinski definition) is 7. The summed E-state index contributed by atoms with van der Waals surface area (Å²) in [5.74, 6) is 0.980. The van der Waals surface area contributed by atoms with Crippen molar-refractivity contribution in [3.8, 4) is 22.2 Å². The predicted octanol–water partition coefficient (Wildman–Crippen LogP) is 4.61. The molecule has 3 aromatic heterocycles. The molecule has 29 heavy (non-hydrogen) atoms. The summed E-state index contributed by atoms with van der Waals surface area (Å²) in [6.45, 7) is 5.68. The third-order valence-corrected chi connectivity index (χ3v) is 6.58. The van der Waals surface area contributed by atoms with Crippen LogP contribution in [0.4, 0.5) is 0 Å². The largest absolute Gasteiger partial charge is 0.333 e. The molecule has 4 aromatic rings. The summed E-state index contributed by atoms with van der Waals surface area (Å²) in [4.78, 5) is 27.2. The maximum absolute atomic E-state index is 12.8. The van der Waals surface area contributed by atoms with Gasteiger partial charge in [0.2, 0.25) is 5.82 Å². The van der Waals surface area contributed by atoms with Crippen molar-refractivity contribution in [2.24, 2.45) is 0 Å². The Kier molecular flexibility index (Phi) is 4.31. The maximum Gasteiger partial charge on any atom is 0.272 e. The van der Waals surface area contributed by atoms with Crippen LogP contribution in [0.2, 0.25) is 0 Å². The van der Waals surface area contributed by atoms with E-state index in [4.69, 9.17) is 4.52 Å². The zero-order valence-corrected chi connectivity index (χ0v) is 17.4. The summed E-state index contributed by atoms with van der Waals surface area (Å²) < 4.78 is 7.42. The maximum atomic E-state index is 12.8. The first-order valence-electron chi connectivity index (χ1n) is 9.82. The first-order chi connectivity index (χ1) is 14.0. The SMILES string of the molecule is Cc1nc(C)c(-c2nc(-c3ccc4c(c3)nc(C)c(=O)n4C3CCCC3)no2)s1. The Morgan fingerprint density at radius 1 is 1.07 bits per heavy atom. The van der Waals surface area contributed by atoms with Crippen LogP contribution in [0.3, 0.4) is 0 Å². The van der Waals surface area contributed by atoms with Gasteiger partial charge in [0.25, 0.3) is 11.4 Å². The molecule has 0 unspecified atom stereocenters. The molecule has 1 aliphatic rings. The molecule has 1 aliphatic carbocycles. The van der Waals surface area contributed by atoms with Crippen LogP contribution in [0.15, 0.2) is 27.5 Å². The first-order valence-corrected chi connectivity index (χ1v) is 10.6. The highest BCUT2D eigenvalue weighted by atomic mass is 32.1. The van der Waals surface area contributed by atoms with Gasteiger partial charge in [-0.05, 0) is 51.8 Å². The minimum atomic E-state index is 0.00929. The van der Waals surface area contributed by atoms with Crippen LogP contribution >= 0.6 is 11.3 Å². The molecule has 0 N–H and O–H groups in total. The van der Waals surface area contributed by atoms with Gasteiger partial charge >= 0.3 is 0 Å². The number of nitrogens with zero attached hydrogens (tertiary/aromatic N) is 5. The Labute approximate surface area is 171 Å². The van der Waals surface area contributed by atoms with Gasteiger partial charge < -0.3 is 9.09 Å². The van der Waals surface area contributed by atoms with Gasteiger partial charge in [0.05, 0.1) is 21.7 Å². The minimum Gasteiger partial charge on any atom is -0.333 e. The summed E-state index contributed by atoms with van der Waals surface area (Å²) in [7, 11) is 0. The van der Waals surface area contributed by atoms with E-state index in [0.717, 1.165) is 45.0 Å². The van der Waals surface area contributed by atoms with Gasteiger partial charge in [-0.2, -0.15) is 4.98 Å². The molecule has 8 heteroatoms. The molecule has 5 rings (SSSR count). The van der Waals surface area contributed by atoms with Crippen molar-refractivity contribution >= 4 is 22.4 Å². The summed E-state index contributed by atoms with van der Waals surface area (Å²) in [5, 5.41) is 5.12. The molecule has 0 amide bonds. The average Bonchev–Trinajstić information content (AvgIpc) is 3.43. The molecule has 3 heterocycles. The van der Waals surface area contributed by atoms with Gasteiger partial charge in [0, 0.05) is 11.6 Å². The minimum absolute atomic E-state index is 0.00929. The quantitative estimate of drug-likeness (QED) is 0.493. The van der Waals surface area contributed by atoms with E-state index in [0.29, 0.717) is 17.4 Å². The van der Waals surface area contributed by atoms with Gasteiger partial charge in [-0.15, -0.1) is 11.3 Å². The number of thiazole rings is 1. The van der Waals surface area contributed by atoms with Crippen molar-refractivity contribution in [2.75, 3.05) is 0 Å². The van der Waals surface area contributed by atoms with Crippen LogP contribution in [0.25, 0.3) is 33.2 Å². The Morgan fingerprint density at radius 3 is 2.59 bits per heavy atom. The van der Waals surface area contributed by atoms with E-state index in [1.54, 1.807) is 18.3 Å². The van der Waals surface area contributed by atoms with Crippen LogP contribution in [-0.4, -0.2) is 24.7 Å². The van der Waals surface area contributed by atoms with E-state index >= 15 is 0 Å². The summed E-state index contributed by atoms with van der Waals surface area (Å²) in [5.41, 5.74) is 3.88. The van der Waals surface area contributed by atoms with E-state index < -0.39 is 0 Å². The van der Waals surface area contributed by atoms with E-state index in [2.05, 4.69) is 20.1 Å². The number of aryl methyl sites for hydroxylation is 3. The molecule has 0 spiro atoms. The number of aromatic nitrogens is 5. The second-order valence-corrected chi connectivity index (χ2v) is 8.79. The molecule has 1 saturated carbocycles. The second kappa shape index (κ2) is 6.88. The average molecular weight is 407 g/mol. The molecule has 7 nitrogen and oxygen atoms in total. The molecule has 1 fully saturated rings. The molecule has 0 aliphatic heterocycles. The molecule has 1 aromatic carbocycles. The fourth-order valence-electron chi connectivity index (χ4n) is 4.16. The Bertz CT molecular complexity index is 1280. The fourth-order valence-corrected chi connectivity index (χ4v) is 5.00. The topological polar surface area (TPSA) is 86.7 Å². The van der Waals surface area contributed by atoms with Gasteiger partial charge in [0.15, 0.2) is 0 Å². The Morgan fingerprint density at radius 2 is 1.86 bits per heavy atom. The standard InChI is InChI=1S/C21H21N5O2S/c1-11-18(29-13(3)22-11)20-24-19(25-28-20)14-8-9-17-16(10-14)23-12(2)21(27)26(17)15-6-4-5-7-15/h8-10,15H,4-7H2,1-3H3. The van der Waals surface area contributed by atoms with Gasteiger partial charge in [-0.3, -0.25) is 4.79 Å². The number of hydrogen-bond donors (Lipinski definition) is 0. The van der Waals surface area contributed by atoms with Crippen LogP contribution in [0.1, 0.15) is 48.1 Å². The van der Waals surface area contributed by atoms with E-state index in [1.165, 1.54) is 12.8 Å². The lowest BCUT2D eigenvalue weighted by molar-refractivity contribution is 0.433. The lowest BCUT2D eigenvalue weighted by Crippen LogP contribution is -2.26. The second-order valence-electron chi connectivity index (χ2n) is 7.58. The number of benzene rings is 1. The molecular weight excluding hydrogens is 386 g/mol. The van der Waals surface area contributed by atoms with E-state index in [9.17, 15) is 4.79 Å². The lowest BCUT2D eigenvalue weighted by atomic mass is 10.1. The van der Waals surface area contributed by atoms with Gasteiger partial charge in [-0.25, -0.2) is 9.97 Å². The number of rotatable bonds is 3. The predicted molar refractivity (Wildman–Crippen MR) is 112 cm³/mol. The molecule has 0 atom stereocenters. The molecule has 148 valence electrons. The third-order valence-electron chi connectivity index (χ3n) is 5.52. The molecular formula is C21H21N5O2S. The Hall–Kier alpha value is -2.87. The van der Waals surface area contributed by atoms with Crippen LogP contribution in [0.5, 0.6) is 0 Å². The van der Waals surface area contributed by atoms with E-state index in [1.807, 2.05) is 36.6 Å². The number of fused-ring (bicyclic) bond motifs is 1. The third kappa shape index (κ3) is 3.07. The van der Waals surface area contributed by atoms with E-state index in [-0.39, 0.29) is 11.6 Å². The van der Waals surface area contributed by atoms with Crippen molar-refractivity contribution in [1.29, 1.82) is 0 Å². The van der Waals surface area contributed by atoms with Crippen LogP contribution in [-0.2, 0) is 0 Å². The molecule has 0 radical (unpaired) electrons. The smallest absolute Gasteiger partial charge is 0.272 e. The first kappa shape index (κ1) is 18.2. The molecule has 0 saturated heterocycles. The normalized spacial score (nSPS) is 14.9. The van der Waals surface area contributed by atoms with Crippen molar-refractivity contribution in [3.63, 3.8) is 0 Å². The summed E-state index contributed by atoms with van der Waals surface area (Å²) in [6, 6.07) is 6.08.